The smallest absolute Gasteiger partial charge is 0.227 e. The van der Waals surface area contributed by atoms with E-state index in [1.54, 1.807) is 0 Å². The Hall–Kier alpha value is -0.940. The van der Waals surface area contributed by atoms with Gasteiger partial charge in [0.2, 0.25) is 11.2 Å². The summed E-state index contributed by atoms with van der Waals surface area (Å²) in [6.45, 7) is 2.66. The van der Waals surface area contributed by atoms with Gasteiger partial charge in [-0.25, -0.2) is 0 Å². The minimum absolute atomic E-state index is 0.115. The van der Waals surface area contributed by atoms with Crippen LogP contribution in [-0.2, 0) is 10.3 Å². The van der Waals surface area contributed by atoms with E-state index in [1.165, 1.54) is 0 Å². The van der Waals surface area contributed by atoms with Crippen LogP contribution in [0.25, 0.3) is 0 Å². The number of hydrogen-bond donors (Lipinski definition) is 1. The van der Waals surface area contributed by atoms with Gasteiger partial charge in [-0.05, 0) is 31.4 Å². The Morgan fingerprint density at radius 3 is 2.79 bits per heavy atom. The maximum Gasteiger partial charge on any atom is 0.227 e. The highest BCUT2D eigenvalue weighted by Gasteiger charge is 2.35. The molecule has 0 amide bonds. The Morgan fingerprint density at radius 2 is 2.21 bits per heavy atom. The third-order valence-corrected chi connectivity index (χ3v) is 2.49. The van der Waals surface area contributed by atoms with E-state index in [-0.39, 0.29) is 11.2 Å². The lowest BCUT2D eigenvalue weighted by molar-refractivity contribution is 0.00929. The van der Waals surface area contributed by atoms with Crippen molar-refractivity contribution in [2.75, 3.05) is 12.3 Å². The molecule has 1 saturated heterocycles. The van der Waals surface area contributed by atoms with Gasteiger partial charge in [0.1, 0.15) is 5.60 Å². The second-order valence-corrected chi connectivity index (χ2v) is 3.81. The standard InChI is InChI=1S/C8H11ClN4O/c1-8(3-2-4-14-8)5-11-6(9)13-7(10)12-5/h2-4H2,1H3,(H2,10,11,12,13). The van der Waals surface area contributed by atoms with Crippen LogP contribution in [0.3, 0.4) is 0 Å². The fourth-order valence-electron chi connectivity index (χ4n) is 1.56. The molecule has 1 aromatic heterocycles. The molecule has 2 heterocycles. The lowest BCUT2D eigenvalue weighted by Gasteiger charge is -2.20. The topological polar surface area (TPSA) is 73.9 Å². The van der Waals surface area contributed by atoms with Crippen molar-refractivity contribution >= 4 is 17.5 Å². The number of aromatic nitrogens is 3. The second kappa shape index (κ2) is 3.33. The highest BCUT2D eigenvalue weighted by Crippen LogP contribution is 2.33. The van der Waals surface area contributed by atoms with Crippen molar-refractivity contribution in [3.05, 3.63) is 11.1 Å². The van der Waals surface area contributed by atoms with E-state index >= 15 is 0 Å². The number of hydrogen-bond acceptors (Lipinski definition) is 5. The van der Waals surface area contributed by atoms with Gasteiger partial charge in [0.25, 0.3) is 0 Å². The van der Waals surface area contributed by atoms with Gasteiger partial charge in [-0.1, -0.05) is 0 Å². The van der Waals surface area contributed by atoms with Crippen molar-refractivity contribution in [2.24, 2.45) is 0 Å². The minimum atomic E-state index is -0.458. The van der Waals surface area contributed by atoms with E-state index in [9.17, 15) is 0 Å². The molecule has 0 spiro atoms. The minimum Gasteiger partial charge on any atom is -0.368 e. The summed E-state index contributed by atoms with van der Waals surface area (Å²) in [6, 6.07) is 0. The van der Waals surface area contributed by atoms with Crippen molar-refractivity contribution in [1.29, 1.82) is 0 Å². The number of nitrogens with two attached hydrogens (primary N) is 1. The van der Waals surface area contributed by atoms with E-state index in [2.05, 4.69) is 15.0 Å². The molecule has 1 aliphatic heterocycles. The van der Waals surface area contributed by atoms with Crippen LogP contribution < -0.4 is 5.73 Å². The van der Waals surface area contributed by atoms with Crippen LogP contribution in [0.1, 0.15) is 25.6 Å². The van der Waals surface area contributed by atoms with Crippen molar-refractivity contribution in [2.45, 2.75) is 25.4 Å². The van der Waals surface area contributed by atoms with Gasteiger partial charge in [-0.3, -0.25) is 0 Å². The van der Waals surface area contributed by atoms with Crippen LogP contribution in [-0.4, -0.2) is 21.6 Å². The average Bonchev–Trinajstić information content (AvgIpc) is 2.52. The summed E-state index contributed by atoms with van der Waals surface area (Å²) >= 11 is 5.69. The lowest BCUT2D eigenvalue weighted by Crippen LogP contribution is -2.24. The largest absolute Gasteiger partial charge is 0.368 e. The van der Waals surface area contributed by atoms with Gasteiger partial charge < -0.3 is 10.5 Å². The number of halogens is 1. The van der Waals surface area contributed by atoms with Crippen molar-refractivity contribution in [3.63, 3.8) is 0 Å². The van der Waals surface area contributed by atoms with Crippen LogP contribution in [0.4, 0.5) is 5.95 Å². The Balaban J connectivity index is 2.40. The first kappa shape index (κ1) is 9.61. The summed E-state index contributed by atoms with van der Waals surface area (Å²) in [4.78, 5) is 11.8. The van der Waals surface area contributed by atoms with Crippen LogP contribution in [0, 0.1) is 0 Å². The molecule has 0 bridgehead atoms. The Kier molecular flexibility index (Phi) is 2.28. The molecule has 1 fully saturated rings. The molecule has 0 saturated carbocycles. The number of rotatable bonds is 1. The molecular formula is C8H11ClN4O. The summed E-state index contributed by atoms with van der Waals surface area (Å²) in [5.74, 6) is 0.657. The highest BCUT2D eigenvalue weighted by molar-refractivity contribution is 6.28. The molecular weight excluding hydrogens is 204 g/mol. The van der Waals surface area contributed by atoms with Crippen molar-refractivity contribution in [3.8, 4) is 0 Å². The zero-order valence-electron chi connectivity index (χ0n) is 7.83. The fraction of sp³-hybridized carbons (Fsp3) is 0.625. The quantitative estimate of drug-likeness (QED) is 0.759. The molecule has 76 valence electrons. The summed E-state index contributed by atoms with van der Waals surface area (Å²) in [7, 11) is 0. The summed E-state index contributed by atoms with van der Waals surface area (Å²) in [5, 5.41) is 0.115. The summed E-state index contributed by atoms with van der Waals surface area (Å²) in [5.41, 5.74) is 5.03. The van der Waals surface area contributed by atoms with E-state index in [1.807, 2.05) is 6.92 Å². The summed E-state index contributed by atoms with van der Waals surface area (Å²) < 4.78 is 5.57. The highest BCUT2D eigenvalue weighted by atomic mass is 35.5. The monoisotopic (exact) mass is 214 g/mol. The van der Waals surface area contributed by atoms with Crippen molar-refractivity contribution < 1.29 is 4.74 Å². The van der Waals surface area contributed by atoms with E-state index in [0.29, 0.717) is 5.82 Å². The van der Waals surface area contributed by atoms with E-state index < -0.39 is 5.60 Å². The first-order chi connectivity index (χ1) is 6.60. The van der Waals surface area contributed by atoms with Crippen LogP contribution in [0.5, 0.6) is 0 Å². The molecule has 1 aliphatic rings. The van der Waals surface area contributed by atoms with E-state index in [4.69, 9.17) is 22.1 Å². The molecule has 1 atom stereocenters. The SMILES string of the molecule is CC1(c2nc(N)nc(Cl)n2)CCCO1. The van der Waals surface area contributed by atoms with Crippen LogP contribution in [0.2, 0.25) is 5.28 Å². The molecule has 0 aromatic carbocycles. The average molecular weight is 215 g/mol. The zero-order valence-corrected chi connectivity index (χ0v) is 8.58. The number of ether oxygens (including phenoxy) is 1. The van der Waals surface area contributed by atoms with Crippen LogP contribution >= 0.6 is 11.6 Å². The normalized spacial score (nSPS) is 26.7. The number of anilines is 1. The van der Waals surface area contributed by atoms with Gasteiger partial charge >= 0.3 is 0 Å². The lowest BCUT2D eigenvalue weighted by atomic mass is 10.0. The van der Waals surface area contributed by atoms with Gasteiger partial charge in [0.15, 0.2) is 5.82 Å². The molecule has 0 radical (unpaired) electrons. The molecule has 1 aromatic rings. The molecule has 0 aliphatic carbocycles. The van der Waals surface area contributed by atoms with Gasteiger partial charge in [-0.15, -0.1) is 0 Å². The molecule has 5 nitrogen and oxygen atoms in total. The molecule has 6 heteroatoms. The molecule has 2 N–H and O–H groups in total. The number of nitrogen functional groups attached to an aromatic ring is 1. The van der Waals surface area contributed by atoms with Crippen molar-refractivity contribution in [1.82, 2.24) is 15.0 Å². The predicted octanol–water partition coefficient (Wildman–Crippen LogP) is 1.13. The van der Waals surface area contributed by atoms with Gasteiger partial charge in [-0.2, -0.15) is 15.0 Å². The second-order valence-electron chi connectivity index (χ2n) is 3.47. The Labute approximate surface area is 86.7 Å². The molecule has 14 heavy (non-hydrogen) atoms. The van der Waals surface area contributed by atoms with E-state index in [0.717, 1.165) is 19.4 Å². The summed E-state index contributed by atoms with van der Waals surface area (Å²) in [6.07, 6.45) is 1.88. The Morgan fingerprint density at radius 1 is 1.43 bits per heavy atom. The first-order valence-corrected chi connectivity index (χ1v) is 4.79. The van der Waals surface area contributed by atoms with Gasteiger partial charge in [0, 0.05) is 6.61 Å². The van der Waals surface area contributed by atoms with Gasteiger partial charge in [0.05, 0.1) is 0 Å². The molecule has 2 rings (SSSR count). The maximum atomic E-state index is 5.69. The third-order valence-electron chi connectivity index (χ3n) is 2.32. The maximum absolute atomic E-state index is 5.69. The zero-order chi connectivity index (χ0) is 10.2. The third kappa shape index (κ3) is 1.65. The first-order valence-electron chi connectivity index (χ1n) is 4.42. The number of nitrogens with zero attached hydrogens (tertiary/aromatic N) is 3. The molecule has 1 unspecified atom stereocenters. The Bertz CT molecular complexity index is 331. The predicted molar refractivity (Wildman–Crippen MR) is 51.8 cm³/mol. The van der Waals surface area contributed by atoms with Crippen LogP contribution in [0.15, 0.2) is 0 Å². The fourth-order valence-corrected chi connectivity index (χ4v) is 1.72.